The second-order valence-electron chi connectivity index (χ2n) is 9.08. The van der Waals surface area contributed by atoms with Gasteiger partial charge in [0.25, 0.3) is 5.69 Å². The number of ether oxygens (including phenoxy) is 2. The molecule has 7 nitrogen and oxygen atoms in total. The van der Waals surface area contributed by atoms with Crippen molar-refractivity contribution in [3.8, 4) is 5.75 Å². The number of nitro benzene ring substituents is 1. The smallest absolute Gasteiger partial charge is 0.494 e. The third-order valence-corrected chi connectivity index (χ3v) is 7.65. The molecule has 1 aromatic carbocycles. The zero-order chi connectivity index (χ0) is 24.7. The molecule has 1 amide bonds. The third kappa shape index (κ3) is 11.9. The van der Waals surface area contributed by atoms with E-state index < -0.39 is 10.3 Å². The molecule has 0 fully saturated rings. The first-order valence-corrected chi connectivity index (χ1v) is 13.8. The molecule has 0 aliphatic carbocycles. The van der Waals surface area contributed by atoms with Crippen LogP contribution < -0.4 is 10.1 Å². The van der Waals surface area contributed by atoms with Crippen molar-refractivity contribution < 1.29 is 34.4 Å². The molecule has 0 saturated carbocycles. The topological polar surface area (TPSA) is 90.7 Å². The molecular weight excluding hydrogens is 460 g/mol. The van der Waals surface area contributed by atoms with Crippen molar-refractivity contribution >= 4 is 11.6 Å². The van der Waals surface area contributed by atoms with E-state index in [1.54, 1.807) is 19.2 Å². The molecule has 0 aliphatic rings. The summed E-state index contributed by atoms with van der Waals surface area (Å²) in [5, 5.41) is 16.4. The number of nitro groups is 1. The summed E-state index contributed by atoms with van der Waals surface area (Å²) >= 11 is 0.668. The van der Waals surface area contributed by atoms with Crippen molar-refractivity contribution in [2.24, 2.45) is 5.41 Å². The van der Waals surface area contributed by atoms with Crippen LogP contribution in [0.5, 0.6) is 5.75 Å². The third-order valence-electron chi connectivity index (χ3n) is 5.74. The molecule has 0 bridgehead atoms. The van der Waals surface area contributed by atoms with Gasteiger partial charge in [-0.05, 0) is 12.1 Å². The van der Waals surface area contributed by atoms with Crippen LogP contribution in [0.3, 0.4) is 0 Å². The molecule has 2 atom stereocenters. The normalized spacial score (nSPS) is 13.4. The predicted molar refractivity (Wildman–Crippen MR) is 128 cm³/mol. The van der Waals surface area contributed by atoms with Crippen LogP contribution in [0.1, 0.15) is 72.6 Å². The monoisotopic (exact) mass is 502 g/mol. The minimum atomic E-state index is -0.419. The first kappa shape index (κ1) is 29.4. The van der Waals surface area contributed by atoms with Gasteiger partial charge >= 0.3 is 144 Å². The van der Waals surface area contributed by atoms with Gasteiger partial charge in [-0.2, -0.15) is 0 Å². The van der Waals surface area contributed by atoms with Crippen LogP contribution in [0.2, 0.25) is 10.6 Å². The molecule has 0 aliphatic heterocycles. The second kappa shape index (κ2) is 16.1. The van der Waals surface area contributed by atoms with Gasteiger partial charge < -0.3 is 4.74 Å². The minimum absolute atomic E-state index is 0.00997. The maximum atomic E-state index is 12.8. The fraction of sp³-hybridized carbons (Fsp3) is 0.720. The quantitative estimate of drug-likeness (QED) is 0.147. The van der Waals surface area contributed by atoms with Crippen molar-refractivity contribution in [2.45, 2.75) is 95.4 Å². The van der Waals surface area contributed by atoms with Crippen LogP contribution in [0, 0.1) is 15.5 Å². The van der Waals surface area contributed by atoms with Gasteiger partial charge in [0.2, 0.25) is 0 Å². The zero-order valence-corrected chi connectivity index (χ0v) is 22.2. The Morgan fingerprint density at radius 2 is 1.82 bits per heavy atom. The number of hydrogen-bond donors (Lipinski definition) is 1. The fourth-order valence-corrected chi connectivity index (χ4v) is 4.90. The number of carbonyl (C=O) groups excluding carboxylic acids is 1. The standard InChI is InChI=1S/C22H35N2O5.C3H7.Cr/c1-6-20(28-5)17(2)23-21(25)22(3,4)15-9-7-8-10-16-29-19-13-11-18(12-14-19)24(26)27;1-3-2;/h11-14,17,20H,1,6-10,15-16H2,2-5H3,(H,23,25);1,3H2,2H3;. The summed E-state index contributed by atoms with van der Waals surface area (Å²) in [6.45, 7) is 8.87. The number of unbranched alkanes of at least 4 members (excludes halogenated alkanes) is 3. The summed E-state index contributed by atoms with van der Waals surface area (Å²) in [5.41, 5.74) is -0.345. The summed E-state index contributed by atoms with van der Waals surface area (Å²) in [6, 6.07) is 6.16. The molecule has 0 radical (unpaired) electrons. The van der Waals surface area contributed by atoms with E-state index in [2.05, 4.69) is 12.2 Å². The second-order valence-corrected chi connectivity index (χ2v) is 11.0. The van der Waals surface area contributed by atoms with Crippen molar-refractivity contribution in [2.75, 3.05) is 13.7 Å². The molecule has 188 valence electrons. The Hall–Kier alpha value is -1.62. The molecule has 0 heterocycles. The van der Waals surface area contributed by atoms with Crippen LogP contribution in [-0.4, -0.2) is 36.7 Å². The van der Waals surface area contributed by atoms with Gasteiger partial charge in [-0.1, -0.05) is 0 Å². The summed E-state index contributed by atoms with van der Waals surface area (Å²) in [7, 11) is 1.73. The van der Waals surface area contributed by atoms with Crippen LogP contribution in [0.4, 0.5) is 5.69 Å². The van der Waals surface area contributed by atoms with E-state index in [1.165, 1.54) is 29.1 Å². The Balaban J connectivity index is 2.24. The fourth-order valence-electron chi connectivity index (χ4n) is 3.50. The number of hydrogen-bond acceptors (Lipinski definition) is 5. The summed E-state index contributed by atoms with van der Waals surface area (Å²) in [5.74, 6) is 0.742. The van der Waals surface area contributed by atoms with Gasteiger partial charge in [0.15, 0.2) is 0 Å². The minimum Gasteiger partial charge on any atom is -0.494 e. The summed E-state index contributed by atoms with van der Waals surface area (Å²) in [6.07, 6.45) is 7.11. The molecule has 0 saturated heterocycles. The van der Waals surface area contributed by atoms with Gasteiger partial charge in [0.05, 0.1) is 11.5 Å². The number of non-ortho nitro benzene ring substituents is 1. The average molecular weight is 503 g/mol. The zero-order valence-electron chi connectivity index (χ0n) is 20.9. The number of amides is 1. The van der Waals surface area contributed by atoms with Gasteiger partial charge in [-0.25, -0.2) is 0 Å². The van der Waals surface area contributed by atoms with E-state index in [1.807, 2.05) is 20.8 Å². The Labute approximate surface area is 205 Å². The van der Waals surface area contributed by atoms with E-state index >= 15 is 0 Å². The van der Waals surface area contributed by atoms with Gasteiger partial charge in [-0.15, -0.1) is 0 Å². The van der Waals surface area contributed by atoms with Crippen LogP contribution in [0.25, 0.3) is 0 Å². The van der Waals surface area contributed by atoms with E-state index in [0.717, 1.165) is 38.5 Å². The van der Waals surface area contributed by atoms with Crippen molar-refractivity contribution in [1.82, 2.24) is 5.32 Å². The number of rotatable bonds is 18. The molecule has 8 heteroatoms. The first-order valence-electron chi connectivity index (χ1n) is 12.0. The molecule has 0 aromatic heterocycles. The molecular formula is C25H42CrN2O5. The van der Waals surface area contributed by atoms with E-state index in [4.69, 9.17) is 9.47 Å². The van der Waals surface area contributed by atoms with E-state index in [9.17, 15) is 14.9 Å². The Morgan fingerprint density at radius 1 is 1.15 bits per heavy atom. The number of nitrogens with zero attached hydrogens (tertiary/aromatic N) is 1. The summed E-state index contributed by atoms with van der Waals surface area (Å²) in [4.78, 5) is 23.1. The van der Waals surface area contributed by atoms with Crippen molar-refractivity contribution in [3.05, 3.63) is 34.4 Å². The van der Waals surface area contributed by atoms with Gasteiger partial charge in [-0.3, -0.25) is 10.1 Å². The van der Waals surface area contributed by atoms with Crippen LogP contribution >= 0.6 is 0 Å². The van der Waals surface area contributed by atoms with Crippen LogP contribution in [0.15, 0.2) is 24.3 Å². The Morgan fingerprint density at radius 3 is 2.42 bits per heavy atom. The number of benzene rings is 1. The van der Waals surface area contributed by atoms with Gasteiger partial charge in [0.1, 0.15) is 5.75 Å². The first-order chi connectivity index (χ1) is 15.7. The van der Waals surface area contributed by atoms with E-state index in [0.29, 0.717) is 27.6 Å². The van der Waals surface area contributed by atoms with E-state index in [-0.39, 0.29) is 23.7 Å². The molecule has 1 rings (SSSR count). The predicted octanol–water partition coefficient (Wildman–Crippen LogP) is 6.19. The van der Waals surface area contributed by atoms with Crippen molar-refractivity contribution in [3.63, 3.8) is 0 Å². The molecule has 1 N–H and O–H groups in total. The number of methoxy groups -OCH3 is 1. The van der Waals surface area contributed by atoms with Crippen molar-refractivity contribution in [1.29, 1.82) is 0 Å². The maximum absolute atomic E-state index is 12.8. The molecule has 2 unspecified atom stereocenters. The van der Waals surface area contributed by atoms with Crippen LogP contribution in [-0.2, 0) is 24.8 Å². The molecule has 33 heavy (non-hydrogen) atoms. The SMILES string of the molecule is CC[CH2][Cr][CH2]CC(OC)C(C)NC(=O)C(C)(C)CCCCCCOc1ccc([N+](=O)[O-])cc1. The Bertz CT molecular complexity index is 697. The average Bonchev–Trinajstić information content (AvgIpc) is 2.78. The summed E-state index contributed by atoms with van der Waals surface area (Å²) < 4.78 is 11.3. The van der Waals surface area contributed by atoms with Gasteiger partial charge in [0, 0.05) is 12.1 Å². The molecule has 1 aromatic rings. The number of carbonyl (C=O) groups is 1. The molecule has 0 spiro atoms. The number of nitrogens with one attached hydrogen (secondary N) is 1. The Kier molecular flexibility index (Phi) is 14.3.